The highest BCUT2D eigenvalue weighted by atomic mass is 31.2. The van der Waals surface area contributed by atoms with Crippen molar-refractivity contribution in [3.8, 4) is 0 Å². The molecule has 0 saturated carbocycles. The molecule has 0 aliphatic rings. The van der Waals surface area contributed by atoms with Gasteiger partial charge in [-0.25, -0.2) is 4.57 Å². The van der Waals surface area contributed by atoms with E-state index in [0.717, 1.165) is 38.5 Å². The van der Waals surface area contributed by atoms with Gasteiger partial charge in [-0.3, -0.25) is 13.8 Å². The Bertz CT molecular complexity index is 694. The van der Waals surface area contributed by atoms with Gasteiger partial charge in [0.05, 0.1) is 25.4 Å². The molecule has 0 fully saturated rings. The monoisotopic (exact) mass is 632 g/mol. The van der Waals surface area contributed by atoms with Crippen LogP contribution in [0.4, 0.5) is 0 Å². The lowest BCUT2D eigenvalue weighted by atomic mass is 10.0. The SMILES string of the molecule is CCCCCCCCC/C=C/[C@@H](O)[C@H](COP(=O)(O)OCCN)NC(=O)CCCCCCCCCCCCCCCCC. The van der Waals surface area contributed by atoms with Crippen molar-refractivity contribution >= 4 is 13.7 Å². The van der Waals surface area contributed by atoms with Crippen molar-refractivity contribution in [2.75, 3.05) is 19.8 Å². The topological polar surface area (TPSA) is 131 Å². The lowest BCUT2D eigenvalue weighted by Gasteiger charge is -2.23. The summed E-state index contributed by atoms with van der Waals surface area (Å²) in [5.41, 5.74) is 5.34. The molecule has 0 aromatic rings. The van der Waals surface area contributed by atoms with Crippen LogP contribution < -0.4 is 11.1 Å². The first-order chi connectivity index (χ1) is 20.9. The van der Waals surface area contributed by atoms with Crippen LogP contribution >= 0.6 is 7.82 Å². The second-order valence-electron chi connectivity index (χ2n) is 12.1. The minimum absolute atomic E-state index is 0.0807. The fraction of sp³-hybridized carbons (Fsp3) is 0.912. The van der Waals surface area contributed by atoms with Crippen LogP contribution in [-0.4, -0.2) is 47.8 Å². The molecule has 8 nitrogen and oxygen atoms in total. The van der Waals surface area contributed by atoms with E-state index in [-0.39, 0.29) is 25.7 Å². The third kappa shape index (κ3) is 29.7. The van der Waals surface area contributed by atoms with Crippen LogP contribution in [-0.2, 0) is 18.4 Å². The van der Waals surface area contributed by atoms with Crippen molar-refractivity contribution in [1.29, 1.82) is 0 Å². The smallest absolute Gasteiger partial charge is 0.387 e. The van der Waals surface area contributed by atoms with Crippen molar-refractivity contribution in [2.24, 2.45) is 5.73 Å². The van der Waals surface area contributed by atoms with Crippen LogP contribution in [0.15, 0.2) is 12.2 Å². The first-order valence-electron chi connectivity index (χ1n) is 17.8. The van der Waals surface area contributed by atoms with Crippen molar-refractivity contribution in [3.63, 3.8) is 0 Å². The number of amides is 1. The minimum atomic E-state index is -4.32. The average molecular weight is 633 g/mol. The Kier molecular flexibility index (Phi) is 30.7. The lowest BCUT2D eigenvalue weighted by molar-refractivity contribution is -0.123. The minimum Gasteiger partial charge on any atom is -0.387 e. The van der Waals surface area contributed by atoms with E-state index in [9.17, 15) is 19.4 Å². The van der Waals surface area contributed by atoms with Gasteiger partial charge >= 0.3 is 7.82 Å². The molecule has 9 heteroatoms. The molecule has 0 bridgehead atoms. The predicted molar refractivity (Wildman–Crippen MR) is 180 cm³/mol. The molecule has 0 rings (SSSR count). The van der Waals surface area contributed by atoms with Crippen molar-refractivity contribution < 1.29 is 28.4 Å². The molecule has 0 saturated heterocycles. The summed E-state index contributed by atoms with van der Waals surface area (Å²) in [5, 5.41) is 13.5. The summed E-state index contributed by atoms with van der Waals surface area (Å²) in [5.74, 6) is -0.196. The maximum atomic E-state index is 12.6. The summed E-state index contributed by atoms with van der Waals surface area (Å²) in [6, 6.07) is -0.851. The zero-order chi connectivity index (χ0) is 31.9. The van der Waals surface area contributed by atoms with Crippen LogP contribution in [0, 0.1) is 0 Å². The summed E-state index contributed by atoms with van der Waals surface area (Å²) in [4.78, 5) is 22.5. The van der Waals surface area contributed by atoms with Crippen molar-refractivity contribution in [1.82, 2.24) is 5.32 Å². The van der Waals surface area contributed by atoms with E-state index in [0.29, 0.717) is 6.42 Å². The first kappa shape index (κ1) is 42.2. The predicted octanol–water partition coefficient (Wildman–Crippen LogP) is 8.88. The van der Waals surface area contributed by atoms with E-state index < -0.39 is 20.0 Å². The summed E-state index contributed by atoms with van der Waals surface area (Å²) >= 11 is 0. The Labute approximate surface area is 265 Å². The molecular formula is C34H69N2O6P. The van der Waals surface area contributed by atoms with Gasteiger partial charge in [0.1, 0.15) is 0 Å². The van der Waals surface area contributed by atoms with E-state index in [2.05, 4.69) is 19.2 Å². The Morgan fingerprint density at radius 1 is 0.744 bits per heavy atom. The van der Waals surface area contributed by atoms with Crippen molar-refractivity contribution in [2.45, 2.75) is 180 Å². The van der Waals surface area contributed by atoms with Crippen LogP contribution in [0.3, 0.4) is 0 Å². The van der Waals surface area contributed by atoms with Gasteiger partial charge in [0, 0.05) is 13.0 Å². The van der Waals surface area contributed by atoms with Crippen molar-refractivity contribution in [3.05, 3.63) is 12.2 Å². The fourth-order valence-corrected chi connectivity index (χ4v) is 5.89. The maximum absolute atomic E-state index is 12.6. The van der Waals surface area contributed by atoms with E-state index in [1.54, 1.807) is 6.08 Å². The van der Waals surface area contributed by atoms with Crippen LogP contribution in [0.5, 0.6) is 0 Å². The van der Waals surface area contributed by atoms with Crippen LogP contribution in [0.1, 0.15) is 168 Å². The third-order valence-corrected chi connectivity index (χ3v) is 8.85. The molecule has 0 spiro atoms. The molecule has 0 aromatic heterocycles. The maximum Gasteiger partial charge on any atom is 0.472 e. The number of rotatable bonds is 33. The van der Waals surface area contributed by atoms with Gasteiger partial charge in [0.25, 0.3) is 0 Å². The number of carbonyl (C=O) groups excluding carboxylic acids is 1. The molecular weight excluding hydrogens is 563 g/mol. The Balaban J connectivity index is 4.27. The molecule has 0 aliphatic heterocycles. The molecule has 0 radical (unpaired) electrons. The highest BCUT2D eigenvalue weighted by Gasteiger charge is 2.26. The van der Waals surface area contributed by atoms with E-state index in [4.69, 9.17) is 14.8 Å². The third-order valence-electron chi connectivity index (χ3n) is 7.86. The number of hydrogen-bond donors (Lipinski definition) is 4. The summed E-state index contributed by atoms with van der Waals surface area (Å²) < 4.78 is 21.9. The van der Waals surface area contributed by atoms with Gasteiger partial charge in [-0.2, -0.15) is 0 Å². The van der Waals surface area contributed by atoms with Gasteiger partial charge in [-0.05, 0) is 19.3 Å². The number of phosphoric ester groups is 1. The quantitative estimate of drug-likeness (QED) is 0.0323. The van der Waals surface area contributed by atoms with E-state index >= 15 is 0 Å². The zero-order valence-corrected chi connectivity index (χ0v) is 28.8. The normalized spacial score (nSPS) is 14.6. The lowest BCUT2D eigenvalue weighted by Crippen LogP contribution is -2.45. The zero-order valence-electron chi connectivity index (χ0n) is 28.0. The van der Waals surface area contributed by atoms with Gasteiger partial charge in [-0.15, -0.1) is 0 Å². The number of unbranched alkanes of at least 4 members (excludes halogenated alkanes) is 21. The standard InChI is InChI=1S/C34H69N2O6P/c1-3-5-7-9-11-13-14-15-16-17-18-20-22-24-26-28-34(38)36-32(31-42-43(39,40)41-30-29-35)33(37)27-25-23-21-19-12-10-8-6-4-2/h25,27,32-33,37H,3-24,26,28-31,35H2,1-2H3,(H,36,38)(H,39,40)/b27-25+/t32-,33+/m0/s1. The number of aliphatic hydroxyl groups excluding tert-OH is 1. The number of allylic oxidation sites excluding steroid dienone is 1. The first-order valence-corrected chi connectivity index (χ1v) is 19.3. The summed E-state index contributed by atoms with van der Waals surface area (Å²) in [6.45, 7) is 4.09. The van der Waals surface area contributed by atoms with Crippen LogP contribution in [0.25, 0.3) is 0 Å². The number of carbonyl (C=O) groups is 1. The Morgan fingerprint density at radius 3 is 1.65 bits per heavy atom. The molecule has 43 heavy (non-hydrogen) atoms. The Morgan fingerprint density at radius 2 is 1.19 bits per heavy atom. The van der Waals surface area contributed by atoms with Crippen LogP contribution in [0.2, 0.25) is 0 Å². The van der Waals surface area contributed by atoms with E-state index in [1.807, 2.05) is 6.08 Å². The summed E-state index contributed by atoms with van der Waals surface area (Å²) in [7, 11) is -4.32. The Hall–Kier alpha value is -0.760. The highest BCUT2D eigenvalue weighted by Crippen LogP contribution is 2.43. The second kappa shape index (κ2) is 31.2. The average Bonchev–Trinajstić information content (AvgIpc) is 2.99. The van der Waals surface area contributed by atoms with Gasteiger partial charge in [0.15, 0.2) is 0 Å². The van der Waals surface area contributed by atoms with Gasteiger partial charge in [0.2, 0.25) is 5.91 Å². The molecule has 1 unspecified atom stereocenters. The fourth-order valence-electron chi connectivity index (χ4n) is 5.13. The molecule has 0 heterocycles. The number of hydrogen-bond acceptors (Lipinski definition) is 6. The number of phosphoric acid groups is 1. The van der Waals surface area contributed by atoms with Gasteiger partial charge in [-0.1, -0.05) is 154 Å². The highest BCUT2D eigenvalue weighted by molar-refractivity contribution is 7.47. The number of nitrogens with one attached hydrogen (secondary N) is 1. The number of nitrogens with two attached hydrogens (primary N) is 1. The molecule has 3 atom stereocenters. The second-order valence-corrected chi connectivity index (χ2v) is 13.5. The molecule has 0 aromatic carbocycles. The largest absolute Gasteiger partial charge is 0.472 e. The van der Waals surface area contributed by atoms with E-state index in [1.165, 1.54) is 109 Å². The molecule has 5 N–H and O–H groups in total. The molecule has 1 amide bonds. The van der Waals surface area contributed by atoms with Gasteiger partial charge < -0.3 is 21.1 Å². The molecule has 256 valence electrons. The molecule has 0 aliphatic carbocycles. The summed E-state index contributed by atoms with van der Waals surface area (Å²) in [6.07, 6.45) is 31.1. The number of aliphatic hydroxyl groups is 1.